The molecule has 1 N–H and O–H groups in total. The maximum atomic E-state index is 12.9. The van der Waals surface area contributed by atoms with E-state index >= 15 is 0 Å². The molecule has 1 aromatic carbocycles. The highest BCUT2D eigenvalue weighted by molar-refractivity contribution is 5.32. The molecule has 0 amide bonds. The van der Waals surface area contributed by atoms with Crippen LogP contribution >= 0.6 is 0 Å². The second-order valence-electron chi connectivity index (χ2n) is 4.76. The van der Waals surface area contributed by atoms with Crippen LogP contribution in [-0.4, -0.2) is 22.0 Å². The molecular weight excluding hydrogens is 247 g/mol. The molecule has 4 nitrogen and oxygen atoms in total. The molecule has 0 radical (unpaired) electrons. The lowest BCUT2D eigenvalue weighted by molar-refractivity contribution is 0.0463. The zero-order chi connectivity index (χ0) is 14.0. The number of benzene rings is 1. The van der Waals surface area contributed by atoms with E-state index in [1.807, 2.05) is 0 Å². The van der Waals surface area contributed by atoms with Gasteiger partial charge in [-0.15, -0.1) is 0 Å². The van der Waals surface area contributed by atoms with Crippen molar-refractivity contribution in [3.63, 3.8) is 0 Å². The zero-order valence-corrected chi connectivity index (χ0v) is 11.2. The normalized spacial score (nSPS) is 14.2. The van der Waals surface area contributed by atoms with Crippen molar-refractivity contribution in [3.8, 4) is 5.75 Å². The van der Waals surface area contributed by atoms with Crippen molar-refractivity contribution in [2.24, 2.45) is 7.05 Å². The minimum atomic E-state index is -1.14. The van der Waals surface area contributed by atoms with Crippen LogP contribution in [0.25, 0.3) is 0 Å². The first-order valence-corrected chi connectivity index (χ1v) is 5.97. The van der Waals surface area contributed by atoms with E-state index in [1.54, 1.807) is 37.0 Å². The lowest BCUT2D eigenvalue weighted by atomic mass is 9.92. The van der Waals surface area contributed by atoms with Gasteiger partial charge in [-0.05, 0) is 24.6 Å². The molecule has 0 aliphatic carbocycles. The highest BCUT2D eigenvalue weighted by atomic mass is 19.1. The Morgan fingerprint density at radius 2 is 2.00 bits per heavy atom. The topological polar surface area (TPSA) is 47.3 Å². The Morgan fingerprint density at radius 1 is 1.37 bits per heavy atom. The average molecular weight is 264 g/mol. The minimum Gasteiger partial charge on any atom is -0.493 e. The molecule has 0 aliphatic rings. The van der Waals surface area contributed by atoms with E-state index < -0.39 is 5.60 Å². The van der Waals surface area contributed by atoms with Crippen molar-refractivity contribution in [2.75, 3.05) is 7.11 Å². The lowest BCUT2D eigenvalue weighted by Gasteiger charge is -2.24. The predicted octanol–water partition coefficient (Wildman–Crippen LogP) is 2.02. The first kappa shape index (κ1) is 13.5. The number of aryl methyl sites for hydroxylation is 1. The average Bonchev–Trinajstić information content (AvgIpc) is 2.74. The Hall–Kier alpha value is -1.88. The van der Waals surface area contributed by atoms with Crippen LogP contribution in [0.1, 0.15) is 18.2 Å². The molecule has 1 unspecified atom stereocenters. The minimum absolute atomic E-state index is 0.290. The fourth-order valence-corrected chi connectivity index (χ4v) is 2.26. The van der Waals surface area contributed by atoms with Crippen molar-refractivity contribution >= 4 is 0 Å². The van der Waals surface area contributed by atoms with E-state index in [-0.39, 0.29) is 5.82 Å². The van der Waals surface area contributed by atoms with Crippen molar-refractivity contribution < 1.29 is 14.2 Å². The van der Waals surface area contributed by atoms with Gasteiger partial charge in [0.15, 0.2) is 5.75 Å². The first-order valence-electron chi connectivity index (χ1n) is 5.97. The van der Waals surface area contributed by atoms with Gasteiger partial charge in [-0.3, -0.25) is 4.68 Å². The van der Waals surface area contributed by atoms with Crippen molar-refractivity contribution in [1.29, 1.82) is 0 Å². The van der Waals surface area contributed by atoms with E-state index in [9.17, 15) is 9.50 Å². The number of halogens is 1. The molecule has 5 heteroatoms. The van der Waals surface area contributed by atoms with Gasteiger partial charge < -0.3 is 9.84 Å². The number of ether oxygens (including phenoxy) is 1. The van der Waals surface area contributed by atoms with E-state index in [2.05, 4.69) is 5.10 Å². The van der Waals surface area contributed by atoms with Gasteiger partial charge in [0, 0.05) is 13.5 Å². The SMILES string of the molecule is COc1cnn(C)c1C(C)(O)Cc1ccc(F)cc1. The second-order valence-corrected chi connectivity index (χ2v) is 4.76. The van der Waals surface area contributed by atoms with E-state index in [0.717, 1.165) is 5.56 Å². The molecule has 1 aromatic heterocycles. The molecule has 2 rings (SSSR count). The Kier molecular flexibility index (Phi) is 3.57. The van der Waals surface area contributed by atoms with Crippen LogP contribution in [0.5, 0.6) is 5.75 Å². The summed E-state index contributed by atoms with van der Waals surface area (Å²) in [6.07, 6.45) is 1.91. The first-order chi connectivity index (χ1) is 8.94. The van der Waals surface area contributed by atoms with Gasteiger partial charge in [0.2, 0.25) is 0 Å². The molecule has 0 saturated heterocycles. The molecule has 1 heterocycles. The van der Waals surface area contributed by atoms with Crippen LogP contribution < -0.4 is 4.74 Å². The maximum absolute atomic E-state index is 12.9. The smallest absolute Gasteiger partial charge is 0.162 e. The predicted molar refractivity (Wildman–Crippen MR) is 69.4 cm³/mol. The van der Waals surface area contributed by atoms with Crippen molar-refractivity contribution in [1.82, 2.24) is 9.78 Å². The standard InChI is InChI=1S/C14H17FN2O2/c1-14(18,8-10-4-6-11(15)7-5-10)13-12(19-3)9-16-17(13)2/h4-7,9,18H,8H2,1-3H3. The van der Waals surface area contributed by atoms with E-state index in [1.165, 1.54) is 19.2 Å². The van der Waals surface area contributed by atoms with Gasteiger partial charge in [0.25, 0.3) is 0 Å². The van der Waals surface area contributed by atoms with Crippen LogP contribution in [0.15, 0.2) is 30.5 Å². The van der Waals surface area contributed by atoms with Crippen molar-refractivity contribution in [3.05, 3.63) is 47.5 Å². The van der Waals surface area contributed by atoms with Gasteiger partial charge >= 0.3 is 0 Å². The van der Waals surface area contributed by atoms with Gasteiger partial charge in [-0.1, -0.05) is 12.1 Å². The molecule has 19 heavy (non-hydrogen) atoms. The molecule has 0 fully saturated rings. The second kappa shape index (κ2) is 5.01. The van der Waals surface area contributed by atoms with Crippen LogP contribution in [0, 0.1) is 5.82 Å². The Morgan fingerprint density at radius 3 is 2.58 bits per heavy atom. The molecule has 0 bridgehead atoms. The van der Waals surface area contributed by atoms with Gasteiger partial charge in [-0.25, -0.2) is 4.39 Å². The van der Waals surface area contributed by atoms with Crippen LogP contribution in [0.4, 0.5) is 4.39 Å². The zero-order valence-electron chi connectivity index (χ0n) is 11.2. The number of hydrogen-bond acceptors (Lipinski definition) is 3. The maximum Gasteiger partial charge on any atom is 0.162 e. The summed E-state index contributed by atoms with van der Waals surface area (Å²) in [5.41, 5.74) is 0.294. The quantitative estimate of drug-likeness (QED) is 0.919. The highest BCUT2D eigenvalue weighted by Gasteiger charge is 2.31. The number of aromatic nitrogens is 2. The summed E-state index contributed by atoms with van der Waals surface area (Å²) in [6.45, 7) is 1.69. The summed E-state index contributed by atoms with van der Waals surface area (Å²) in [5.74, 6) is 0.246. The number of hydrogen-bond donors (Lipinski definition) is 1. The summed E-state index contributed by atoms with van der Waals surface area (Å²) < 4.78 is 19.7. The van der Waals surface area contributed by atoms with Crippen LogP contribution in [-0.2, 0) is 19.1 Å². The van der Waals surface area contributed by atoms with Gasteiger partial charge in [0.1, 0.15) is 17.1 Å². The molecule has 0 spiro atoms. The Labute approximate surface area is 111 Å². The third-order valence-electron chi connectivity index (χ3n) is 3.10. The molecule has 0 aliphatic heterocycles. The number of methoxy groups -OCH3 is 1. The fourth-order valence-electron chi connectivity index (χ4n) is 2.26. The summed E-state index contributed by atoms with van der Waals surface area (Å²) in [5, 5.41) is 14.7. The van der Waals surface area contributed by atoms with E-state index in [0.29, 0.717) is 17.9 Å². The van der Waals surface area contributed by atoms with Gasteiger partial charge in [0.05, 0.1) is 13.3 Å². The Bertz CT molecular complexity index is 561. The monoisotopic (exact) mass is 264 g/mol. The fraction of sp³-hybridized carbons (Fsp3) is 0.357. The third-order valence-corrected chi connectivity index (χ3v) is 3.10. The summed E-state index contributed by atoms with van der Waals surface area (Å²) in [4.78, 5) is 0. The van der Waals surface area contributed by atoms with E-state index in [4.69, 9.17) is 4.74 Å². The molecular formula is C14H17FN2O2. The molecule has 0 saturated carbocycles. The number of rotatable bonds is 4. The van der Waals surface area contributed by atoms with Crippen LogP contribution in [0.3, 0.4) is 0 Å². The number of aliphatic hydroxyl groups is 1. The Balaban J connectivity index is 2.31. The summed E-state index contributed by atoms with van der Waals surface area (Å²) in [7, 11) is 3.28. The summed E-state index contributed by atoms with van der Waals surface area (Å²) in [6, 6.07) is 6.08. The molecule has 1 atom stereocenters. The van der Waals surface area contributed by atoms with Crippen molar-refractivity contribution in [2.45, 2.75) is 18.9 Å². The highest BCUT2D eigenvalue weighted by Crippen LogP contribution is 2.32. The largest absolute Gasteiger partial charge is 0.493 e. The summed E-state index contributed by atoms with van der Waals surface area (Å²) >= 11 is 0. The molecule has 102 valence electrons. The molecule has 2 aromatic rings. The van der Waals surface area contributed by atoms with Crippen LogP contribution in [0.2, 0.25) is 0 Å². The third kappa shape index (κ3) is 2.76. The van der Waals surface area contributed by atoms with Gasteiger partial charge in [-0.2, -0.15) is 5.10 Å². The lowest BCUT2D eigenvalue weighted by Crippen LogP contribution is -2.28. The number of nitrogens with zero attached hydrogens (tertiary/aromatic N) is 2.